The molecule has 1 heterocycles. The van der Waals surface area contributed by atoms with Crippen molar-refractivity contribution in [3.05, 3.63) is 39.6 Å². The van der Waals surface area contributed by atoms with E-state index in [1.54, 1.807) is 0 Å². The second-order valence-corrected chi connectivity index (χ2v) is 6.63. The maximum atomic E-state index is 4.35. The third-order valence-electron chi connectivity index (χ3n) is 2.58. The summed E-state index contributed by atoms with van der Waals surface area (Å²) in [5.74, 6) is 0. The van der Waals surface area contributed by atoms with E-state index in [9.17, 15) is 0 Å². The van der Waals surface area contributed by atoms with Gasteiger partial charge in [-0.25, -0.2) is 0 Å². The zero-order valence-electron chi connectivity index (χ0n) is 10.9. The fraction of sp³-hybridized carbons (Fsp3) is 0.357. The number of nitrogens with zero attached hydrogens (tertiary/aromatic N) is 1. The molecule has 2 N–H and O–H groups in total. The molecule has 1 aromatic heterocycles. The van der Waals surface area contributed by atoms with Crippen LogP contribution < -0.4 is 5.32 Å². The fourth-order valence-electron chi connectivity index (χ4n) is 1.58. The lowest BCUT2D eigenvalue weighted by Gasteiger charge is -2.19. The molecule has 0 spiro atoms. The van der Waals surface area contributed by atoms with E-state index in [4.69, 9.17) is 0 Å². The summed E-state index contributed by atoms with van der Waals surface area (Å²) in [6.45, 7) is 7.27. The monoisotopic (exact) mass is 355 g/mol. The summed E-state index contributed by atoms with van der Waals surface area (Å²) >= 11 is 2.30. The van der Waals surface area contributed by atoms with Gasteiger partial charge in [0.1, 0.15) is 0 Å². The van der Waals surface area contributed by atoms with Crippen molar-refractivity contribution in [1.29, 1.82) is 0 Å². The van der Waals surface area contributed by atoms with E-state index < -0.39 is 0 Å². The van der Waals surface area contributed by atoms with Gasteiger partial charge >= 0.3 is 0 Å². The average Bonchev–Trinajstić information content (AvgIpc) is 2.75. The molecule has 0 aliphatic heterocycles. The average molecular weight is 355 g/mol. The van der Waals surface area contributed by atoms with Crippen LogP contribution in [0.5, 0.6) is 0 Å². The predicted molar refractivity (Wildman–Crippen MR) is 83.3 cm³/mol. The summed E-state index contributed by atoms with van der Waals surface area (Å²) in [6, 6.07) is 10.5. The van der Waals surface area contributed by atoms with E-state index >= 15 is 0 Å². The van der Waals surface area contributed by atoms with Gasteiger partial charge in [-0.15, -0.1) is 0 Å². The van der Waals surface area contributed by atoms with Crippen molar-refractivity contribution < 1.29 is 0 Å². The fourth-order valence-corrected chi connectivity index (χ4v) is 1.94. The Bertz CT molecular complexity index is 509. The van der Waals surface area contributed by atoms with Crippen LogP contribution >= 0.6 is 22.6 Å². The van der Waals surface area contributed by atoms with Gasteiger partial charge in [-0.3, -0.25) is 5.10 Å². The second kappa shape index (κ2) is 5.40. The zero-order chi connectivity index (χ0) is 13.2. The number of hydrogen-bond acceptors (Lipinski definition) is 2. The van der Waals surface area contributed by atoms with Gasteiger partial charge in [-0.1, -0.05) is 12.1 Å². The second-order valence-electron chi connectivity index (χ2n) is 5.39. The van der Waals surface area contributed by atoms with Crippen LogP contribution in [0.2, 0.25) is 0 Å². The first-order chi connectivity index (χ1) is 8.44. The molecular formula is C14H18IN3. The highest BCUT2D eigenvalue weighted by atomic mass is 127. The number of rotatable bonds is 3. The van der Waals surface area contributed by atoms with Gasteiger partial charge in [0.05, 0.1) is 5.69 Å². The zero-order valence-corrected chi connectivity index (χ0v) is 13.1. The molecule has 0 aliphatic rings. The molecule has 2 rings (SSSR count). The standard InChI is InChI=1S/C14H18IN3/c1-14(2,3)16-9-12-8-13(18-17-12)10-4-6-11(15)7-5-10/h4-8,16H,9H2,1-3H3,(H,17,18). The van der Waals surface area contributed by atoms with Gasteiger partial charge in [-0.05, 0) is 61.6 Å². The lowest BCUT2D eigenvalue weighted by Crippen LogP contribution is -2.35. The summed E-state index contributed by atoms with van der Waals surface area (Å²) in [6.07, 6.45) is 0. The minimum atomic E-state index is 0.119. The van der Waals surface area contributed by atoms with Gasteiger partial charge in [0.25, 0.3) is 0 Å². The van der Waals surface area contributed by atoms with Crippen LogP contribution in [0.15, 0.2) is 30.3 Å². The van der Waals surface area contributed by atoms with Gasteiger partial charge in [0.15, 0.2) is 0 Å². The maximum absolute atomic E-state index is 4.35. The highest BCUT2D eigenvalue weighted by molar-refractivity contribution is 14.1. The topological polar surface area (TPSA) is 40.7 Å². The van der Waals surface area contributed by atoms with Crippen molar-refractivity contribution in [2.75, 3.05) is 0 Å². The number of aromatic amines is 1. The minimum Gasteiger partial charge on any atom is -0.306 e. The molecule has 1 aromatic carbocycles. The number of hydrogen-bond donors (Lipinski definition) is 2. The van der Waals surface area contributed by atoms with Gasteiger partial charge in [-0.2, -0.15) is 5.10 Å². The van der Waals surface area contributed by atoms with Crippen molar-refractivity contribution in [2.45, 2.75) is 32.9 Å². The Labute approximate surface area is 122 Å². The predicted octanol–water partition coefficient (Wildman–Crippen LogP) is 3.57. The van der Waals surface area contributed by atoms with Crippen molar-refractivity contribution in [3.63, 3.8) is 0 Å². The summed E-state index contributed by atoms with van der Waals surface area (Å²) in [5, 5.41) is 10.9. The largest absolute Gasteiger partial charge is 0.306 e. The number of nitrogens with one attached hydrogen (secondary N) is 2. The lowest BCUT2D eigenvalue weighted by molar-refractivity contribution is 0.421. The molecule has 0 saturated heterocycles. The van der Waals surface area contributed by atoms with E-state index in [2.05, 4.69) is 89.2 Å². The summed E-state index contributed by atoms with van der Waals surface area (Å²) in [5.41, 5.74) is 3.37. The Balaban J connectivity index is 2.08. The van der Waals surface area contributed by atoms with Crippen LogP contribution in [0.1, 0.15) is 26.5 Å². The van der Waals surface area contributed by atoms with Crippen LogP contribution in [0.4, 0.5) is 0 Å². The van der Waals surface area contributed by atoms with Crippen LogP contribution in [-0.2, 0) is 6.54 Å². The van der Waals surface area contributed by atoms with Gasteiger partial charge < -0.3 is 5.32 Å². The van der Waals surface area contributed by atoms with E-state index in [-0.39, 0.29) is 5.54 Å². The Hall–Kier alpha value is -0.880. The molecule has 0 fully saturated rings. The molecule has 96 valence electrons. The van der Waals surface area contributed by atoms with E-state index in [1.165, 1.54) is 3.57 Å². The molecular weight excluding hydrogens is 337 g/mol. The molecule has 0 aliphatic carbocycles. The summed E-state index contributed by atoms with van der Waals surface area (Å²) in [7, 11) is 0. The first kappa shape index (κ1) is 13.5. The van der Waals surface area contributed by atoms with E-state index in [1.807, 2.05) is 0 Å². The normalized spacial score (nSPS) is 11.8. The molecule has 0 unspecified atom stereocenters. The number of H-pyrrole nitrogens is 1. The minimum absolute atomic E-state index is 0.119. The molecule has 0 atom stereocenters. The highest BCUT2D eigenvalue weighted by Gasteiger charge is 2.10. The molecule has 2 aromatic rings. The molecule has 3 nitrogen and oxygen atoms in total. The van der Waals surface area contributed by atoms with Crippen LogP contribution in [-0.4, -0.2) is 15.7 Å². The Morgan fingerprint density at radius 1 is 1.22 bits per heavy atom. The van der Waals surface area contributed by atoms with Crippen molar-refractivity contribution in [1.82, 2.24) is 15.5 Å². The summed E-state index contributed by atoms with van der Waals surface area (Å²) < 4.78 is 1.24. The first-order valence-electron chi connectivity index (χ1n) is 5.99. The number of halogens is 1. The smallest absolute Gasteiger partial charge is 0.0924 e. The van der Waals surface area contributed by atoms with E-state index in [0.29, 0.717) is 0 Å². The molecule has 0 radical (unpaired) electrons. The van der Waals surface area contributed by atoms with Gasteiger partial charge in [0, 0.05) is 26.9 Å². The third-order valence-corrected chi connectivity index (χ3v) is 3.30. The molecule has 4 heteroatoms. The summed E-state index contributed by atoms with van der Waals surface area (Å²) in [4.78, 5) is 0. The lowest BCUT2D eigenvalue weighted by atomic mass is 10.1. The van der Waals surface area contributed by atoms with Gasteiger partial charge in [0.2, 0.25) is 0 Å². The maximum Gasteiger partial charge on any atom is 0.0924 e. The quantitative estimate of drug-likeness (QED) is 0.827. The highest BCUT2D eigenvalue weighted by Crippen LogP contribution is 2.19. The Morgan fingerprint density at radius 3 is 2.50 bits per heavy atom. The number of aromatic nitrogens is 2. The van der Waals surface area contributed by atoms with Crippen LogP contribution in [0.25, 0.3) is 11.3 Å². The van der Waals surface area contributed by atoms with Crippen molar-refractivity contribution in [2.24, 2.45) is 0 Å². The van der Waals surface area contributed by atoms with Crippen LogP contribution in [0.3, 0.4) is 0 Å². The first-order valence-corrected chi connectivity index (χ1v) is 7.07. The Kier molecular flexibility index (Phi) is 4.07. The molecule has 0 bridgehead atoms. The molecule has 0 saturated carbocycles. The Morgan fingerprint density at radius 2 is 1.89 bits per heavy atom. The van der Waals surface area contributed by atoms with Crippen LogP contribution in [0, 0.1) is 3.57 Å². The third kappa shape index (κ3) is 3.81. The van der Waals surface area contributed by atoms with E-state index in [0.717, 1.165) is 23.5 Å². The number of benzene rings is 1. The van der Waals surface area contributed by atoms with Crippen molar-refractivity contribution >= 4 is 22.6 Å². The SMILES string of the molecule is CC(C)(C)NCc1cc(-c2ccc(I)cc2)n[nH]1. The molecule has 18 heavy (non-hydrogen) atoms. The molecule has 0 amide bonds. The van der Waals surface area contributed by atoms with Crippen molar-refractivity contribution in [3.8, 4) is 11.3 Å².